The fourth-order valence-corrected chi connectivity index (χ4v) is 2.86. The fourth-order valence-electron chi connectivity index (χ4n) is 2.86. The number of nitrogens with two attached hydrogens (primary N) is 1. The minimum absolute atomic E-state index is 0.0642. The smallest absolute Gasteiger partial charge is 0.410 e. The summed E-state index contributed by atoms with van der Waals surface area (Å²) in [6, 6.07) is 2.92. The van der Waals surface area contributed by atoms with E-state index in [-0.39, 0.29) is 17.8 Å². The molecule has 0 spiro atoms. The van der Waals surface area contributed by atoms with Crippen molar-refractivity contribution in [3.05, 3.63) is 17.9 Å². The van der Waals surface area contributed by atoms with Gasteiger partial charge in [0.25, 0.3) is 0 Å². The summed E-state index contributed by atoms with van der Waals surface area (Å²) in [6.45, 7) is 6.68. The summed E-state index contributed by atoms with van der Waals surface area (Å²) in [4.78, 5) is 13.8. The molecule has 0 atom stereocenters. The Kier molecular flexibility index (Phi) is 4.06. The van der Waals surface area contributed by atoms with Crippen LogP contribution >= 0.6 is 0 Å². The minimum atomic E-state index is -0.506. The van der Waals surface area contributed by atoms with Gasteiger partial charge in [-0.25, -0.2) is 13.9 Å². The summed E-state index contributed by atoms with van der Waals surface area (Å²) in [6.07, 6.45) is 1.12. The Morgan fingerprint density at radius 3 is 2.62 bits per heavy atom. The SMILES string of the molecule is CC(C)(C)OC(=O)N1CCC(n2nnc3cc(N)c(F)cc32)CC1. The maximum absolute atomic E-state index is 13.7. The van der Waals surface area contributed by atoms with E-state index in [0.29, 0.717) is 37.0 Å². The number of amides is 1. The van der Waals surface area contributed by atoms with Gasteiger partial charge in [0.15, 0.2) is 0 Å². The number of piperidine rings is 1. The van der Waals surface area contributed by atoms with Crippen LogP contribution < -0.4 is 5.73 Å². The van der Waals surface area contributed by atoms with Crippen molar-refractivity contribution in [1.82, 2.24) is 19.9 Å². The van der Waals surface area contributed by atoms with Gasteiger partial charge in [0.2, 0.25) is 0 Å². The highest BCUT2D eigenvalue weighted by atomic mass is 19.1. The van der Waals surface area contributed by atoms with E-state index >= 15 is 0 Å². The number of carbonyl (C=O) groups is 1. The molecule has 0 bridgehead atoms. The number of fused-ring (bicyclic) bond motifs is 1. The van der Waals surface area contributed by atoms with E-state index in [2.05, 4.69) is 10.3 Å². The van der Waals surface area contributed by atoms with Gasteiger partial charge in [0.05, 0.1) is 17.2 Å². The number of aromatic nitrogens is 3. The van der Waals surface area contributed by atoms with Crippen LogP contribution in [0.25, 0.3) is 11.0 Å². The molecule has 1 aliphatic heterocycles. The van der Waals surface area contributed by atoms with Gasteiger partial charge in [-0.1, -0.05) is 5.21 Å². The van der Waals surface area contributed by atoms with Crippen LogP contribution in [0.1, 0.15) is 39.7 Å². The molecule has 7 nitrogen and oxygen atoms in total. The second kappa shape index (κ2) is 5.92. The molecule has 2 N–H and O–H groups in total. The molecule has 1 saturated heterocycles. The van der Waals surface area contributed by atoms with Gasteiger partial charge in [-0.15, -0.1) is 5.10 Å². The lowest BCUT2D eigenvalue weighted by Crippen LogP contribution is -2.42. The second-order valence-corrected chi connectivity index (χ2v) is 7.10. The lowest BCUT2D eigenvalue weighted by Gasteiger charge is -2.33. The van der Waals surface area contributed by atoms with Gasteiger partial charge in [-0.05, 0) is 39.7 Å². The van der Waals surface area contributed by atoms with Gasteiger partial charge >= 0.3 is 6.09 Å². The third-order valence-electron chi connectivity index (χ3n) is 4.05. The number of rotatable bonds is 1. The van der Waals surface area contributed by atoms with Crippen molar-refractivity contribution in [2.45, 2.75) is 45.3 Å². The zero-order valence-electron chi connectivity index (χ0n) is 14.1. The number of hydrogen-bond acceptors (Lipinski definition) is 5. The highest BCUT2D eigenvalue weighted by Gasteiger charge is 2.28. The van der Waals surface area contributed by atoms with Gasteiger partial charge in [0, 0.05) is 19.2 Å². The van der Waals surface area contributed by atoms with E-state index in [1.165, 1.54) is 12.1 Å². The molecule has 0 radical (unpaired) electrons. The predicted octanol–water partition coefficient (Wildman–Crippen LogP) is 2.72. The monoisotopic (exact) mass is 335 g/mol. The van der Waals surface area contributed by atoms with Gasteiger partial charge in [-0.2, -0.15) is 0 Å². The molecule has 8 heteroatoms. The van der Waals surface area contributed by atoms with Crippen LogP contribution in [0.3, 0.4) is 0 Å². The van der Waals surface area contributed by atoms with Crippen molar-refractivity contribution in [2.24, 2.45) is 0 Å². The Bertz CT molecular complexity index is 760. The summed E-state index contributed by atoms with van der Waals surface area (Å²) >= 11 is 0. The van der Waals surface area contributed by atoms with Crippen molar-refractivity contribution in [3.63, 3.8) is 0 Å². The molecule has 1 aromatic carbocycles. The molecule has 2 aromatic rings. The molecule has 0 saturated carbocycles. The quantitative estimate of drug-likeness (QED) is 0.810. The predicted molar refractivity (Wildman–Crippen MR) is 88.0 cm³/mol. The number of nitrogen functional groups attached to an aromatic ring is 1. The summed E-state index contributed by atoms with van der Waals surface area (Å²) in [5.41, 5.74) is 6.32. The Labute approximate surface area is 139 Å². The molecule has 0 aliphatic carbocycles. The van der Waals surface area contributed by atoms with E-state index in [9.17, 15) is 9.18 Å². The number of likely N-dealkylation sites (tertiary alicyclic amines) is 1. The molecule has 3 rings (SSSR count). The van der Waals surface area contributed by atoms with E-state index in [0.717, 1.165) is 0 Å². The van der Waals surface area contributed by atoms with E-state index in [1.54, 1.807) is 9.58 Å². The third-order valence-corrected chi connectivity index (χ3v) is 4.05. The molecule has 2 heterocycles. The first-order chi connectivity index (χ1) is 11.2. The van der Waals surface area contributed by atoms with Crippen molar-refractivity contribution in [1.29, 1.82) is 0 Å². The minimum Gasteiger partial charge on any atom is -0.444 e. The first-order valence-corrected chi connectivity index (χ1v) is 8.02. The normalized spacial score (nSPS) is 16.6. The average molecular weight is 335 g/mol. The summed E-state index contributed by atoms with van der Waals surface area (Å²) < 4.78 is 20.9. The van der Waals surface area contributed by atoms with Crippen LogP contribution in [-0.2, 0) is 4.74 Å². The largest absolute Gasteiger partial charge is 0.444 e. The van der Waals surface area contributed by atoms with Crippen LogP contribution in [0.4, 0.5) is 14.9 Å². The van der Waals surface area contributed by atoms with Crippen LogP contribution in [-0.4, -0.2) is 44.7 Å². The first kappa shape index (κ1) is 16.5. The summed E-state index contributed by atoms with van der Waals surface area (Å²) in [7, 11) is 0. The Balaban J connectivity index is 1.71. The number of anilines is 1. The number of carbonyl (C=O) groups excluding carboxylic acids is 1. The number of nitrogens with zero attached hydrogens (tertiary/aromatic N) is 4. The summed E-state index contributed by atoms with van der Waals surface area (Å²) in [5.74, 6) is -0.475. The van der Waals surface area contributed by atoms with Gasteiger partial charge in [-0.3, -0.25) is 0 Å². The molecular weight excluding hydrogens is 313 g/mol. The zero-order chi connectivity index (χ0) is 17.5. The highest BCUT2D eigenvalue weighted by molar-refractivity contribution is 5.78. The standard InChI is InChI=1S/C16H22FN5O2/c1-16(2,3)24-15(23)21-6-4-10(5-7-21)22-14-8-11(17)12(18)9-13(14)19-20-22/h8-10H,4-7,18H2,1-3H3. The van der Waals surface area contributed by atoms with Gasteiger partial charge < -0.3 is 15.4 Å². The van der Waals surface area contributed by atoms with E-state index in [4.69, 9.17) is 10.5 Å². The molecule has 1 aliphatic rings. The van der Waals surface area contributed by atoms with Crippen LogP contribution in [0, 0.1) is 5.82 Å². The Morgan fingerprint density at radius 2 is 2.00 bits per heavy atom. The van der Waals surface area contributed by atoms with E-state index in [1.807, 2.05) is 20.8 Å². The maximum atomic E-state index is 13.7. The summed E-state index contributed by atoms with van der Waals surface area (Å²) in [5, 5.41) is 8.20. The first-order valence-electron chi connectivity index (χ1n) is 8.02. The molecule has 0 unspecified atom stereocenters. The van der Waals surface area contributed by atoms with Crippen molar-refractivity contribution < 1.29 is 13.9 Å². The Hall–Kier alpha value is -2.38. The van der Waals surface area contributed by atoms with Crippen molar-refractivity contribution in [3.8, 4) is 0 Å². The van der Waals surface area contributed by atoms with Crippen molar-refractivity contribution >= 4 is 22.8 Å². The van der Waals surface area contributed by atoms with Gasteiger partial charge in [0.1, 0.15) is 16.9 Å². The molecular formula is C16H22FN5O2. The molecule has 1 amide bonds. The lowest BCUT2D eigenvalue weighted by molar-refractivity contribution is 0.0185. The fraction of sp³-hybridized carbons (Fsp3) is 0.562. The van der Waals surface area contributed by atoms with Crippen molar-refractivity contribution in [2.75, 3.05) is 18.8 Å². The molecule has 130 valence electrons. The maximum Gasteiger partial charge on any atom is 0.410 e. The second-order valence-electron chi connectivity index (χ2n) is 7.10. The lowest BCUT2D eigenvalue weighted by atomic mass is 10.1. The molecule has 24 heavy (non-hydrogen) atoms. The number of ether oxygens (including phenoxy) is 1. The molecule has 1 fully saturated rings. The number of hydrogen-bond donors (Lipinski definition) is 1. The van der Waals surface area contributed by atoms with Crippen LogP contribution in [0.5, 0.6) is 0 Å². The number of benzene rings is 1. The van der Waals surface area contributed by atoms with E-state index < -0.39 is 11.4 Å². The third kappa shape index (κ3) is 3.27. The average Bonchev–Trinajstić information content (AvgIpc) is 2.89. The van der Waals surface area contributed by atoms with Crippen LogP contribution in [0.15, 0.2) is 12.1 Å². The topological polar surface area (TPSA) is 86.3 Å². The Morgan fingerprint density at radius 1 is 1.33 bits per heavy atom. The van der Waals surface area contributed by atoms with Crippen LogP contribution in [0.2, 0.25) is 0 Å². The number of halogens is 1. The molecule has 1 aromatic heterocycles. The zero-order valence-corrected chi connectivity index (χ0v) is 14.1. The highest BCUT2D eigenvalue weighted by Crippen LogP contribution is 2.27.